The first-order valence-corrected chi connectivity index (χ1v) is 9.96. The summed E-state index contributed by atoms with van der Waals surface area (Å²) >= 11 is 0. The van der Waals surface area contributed by atoms with Crippen molar-refractivity contribution in [3.05, 3.63) is 29.8 Å². The van der Waals surface area contributed by atoms with E-state index in [1.54, 1.807) is 12.1 Å². The lowest BCUT2D eigenvalue weighted by atomic mass is 10.2. The van der Waals surface area contributed by atoms with Crippen molar-refractivity contribution < 1.29 is 18.1 Å². The number of carbonyl (C=O) groups is 1. The van der Waals surface area contributed by atoms with Crippen molar-refractivity contribution in [1.29, 1.82) is 0 Å². The summed E-state index contributed by atoms with van der Waals surface area (Å²) in [6, 6.07) is 7.12. The molecule has 7 heteroatoms. The fourth-order valence-electron chi connectivity index (χ4n) is 2.73. The lowest BCUT2D eigenvalue weighted by Crippen LogP contribution is -3.15. The molecule has 0 spiro atoms. The molecule has 0 aliphatic carbocycles. The third-order valence-electron chi connectivity index (χ3n) is 4.52. The average Bonchev–Trinajstić information content (AvgIpc) is 2.55. The van der Waals surface area contributed by atoms with Crippen LogP contribution < -0.4 is 10.2 Å². The smallest absolute Gasteiger partial charge is 0.275 e. The van der Waals surface area contributed by atoms with Gasteiger partial charge in [0.15, 0.2) is 6.54 Å². The summed E-state index contributed by atoms with van der Waals surface area (Å²) in [5.74, 6) is 0.0363. The van der Waals surface area contributed by atoms with E-state index in [0.29, 0.717) is 37.6 Å². The Morgan fingerprint density at radius 2 is 1.83 bits per heavy atom. The lowest BCUT2D eigenvalue weighted by molar-refractivity contribution is -0.895. The molecule has 1 heterocycles. The van der Waals surface area contributed by atoms with Crippen LogP contribution in [0.1, 0.15) is 25.8 Å². The molecule has 1 aliphatic heterocycles. The normalized spacial score (nSPS) is 18.3. The molecule has 0 aromatic heterocycles. The zero-order valence-electron chi connectivity index (χ0n) is 14.7. The molecule has 134 valence electrons. The summed E-state index contributed by atoms with van der Waals surface area (Å²) in [5, 5.41) is 2.96. The van der Waals surface area contributed by atoms with Crippen LogP contribution in [0.25, 0.3) is 0 Å². The van der Waals surface area contributed by atoms with Crippen molar-refractivity contribution in [3.8, 4) is 0 Å². The second-order valence-electron chi connectivity index (χ2n) is 6.52. The van der Waals surface area contributed by atoms with E-state index in [0.717, 1.165) is 16.9 Å². The molecule has 1 amide bonds. The summed E-state index contributed by atoms with van der Waals surface area (Å²) in [7, 11) is -3.43. The van der Waals surface area contributed by atoms with E-state index in [4.69, 9.17) is 0 Å². The summed E-state index contributed by atoms with van der Waals surface area (Å²) in [6.45, 7) is 8.56. The van der Waals surface area contributed by atoms with Gasteiger partial charge in [-0.15, -0.1) is 0 Å². The Bertz CT molecular complexity index is 650. The summed E-state index contributed by atoms with van der Waals surface area (Å²) in [5.41, 5.74) is 1.04. The molecule has 0 saturated carbocycles. The van der Waals surface area contributed by atoms with Crippen molar-refractivity contribution in [2.24, 2.45) is 0 Å². The molecule has 6 nitrogen and oxygen atoms in total. The van der Waals surface area contributed by atoms with E-state index in [2.05, 4.69) is 5.32 Å². The van der Waals surface area contributed by atoms with E-state index in [9.17, 15) is 13.2 Å². The Morgan fingerprint density at radius 1 is 1.25 bits per heavy atom. The van der Waals surface area contributed by atoms with Crippen molar-refractivity contribution in [2.75, 3.05) is 32.7 Å². The van der Waals surface area contributed by atoms with Crippen LogP contribution in [0.2, 0.25) is 0 Å². The van der Waals surface area contributed by atoms with Crippen molar-refractivity contribution in [2.45, 2.75) is 38.1 Å². The molecule has 24 heavy (non-hydrogen) atoms. The van der Waals surface area contributed by atoms with Crippen molar-refractivity contribution in [1.82, 2.24) is 9.62 Å². The first-order valence-electron chi connectivity index (χ1n) is 8.52. The highest BCUT2D eigenvalue weighted by atomic mass is 32.2. The molecule has 1 aromatic carbocycles. The van der Waals surface area contributed by atoms with E-state index >= 15 is 0 Å². The van der Waals surface area contributed by atoms with Crippen LogP contribution in [0.4, 0.5) is 0 Å². The van der Waals surface area contributed by atoms with Gasteiger partial charge in [0.05, 0.1) is 31.1 Å². The third kappa shape index (κ3) is 4.78. The van der Waals surface area contributed by atoms with Crippen molar-refractivity contribution in [3.63, 3.8) is 0 Å². The van der Waals surface area contributed by atoms with E-state index < -0.39 is 10.0 Å². The van der Waals surface area contributed by atoms with Gasteiger partial charge in [-0.25, -0.2) is 8.42 Å². The molecular formula is C17H28N3O3S+. The van der Waals surface area contributed by atoms with Crippen molar-refractivity contribution >= 4 is 15.9 Å². The molecule has 0 radical (unpaired) electrons. The fourth-order valence-corrected chi connectivity index (χ4v) is 4.18. The highest BCUT2D eigenvalue weighted by molar-refractivity contribution is 7.89. The van der Waals surface area contributed by atoms with E-state index in [1.165, 1.54) is 4.31 Å². The number of quaternary nitrogens is 1. The maximum Gasteiger partial charge on any atom is 0.275 e. The minimum atomic E-state index is -3.43. The second-order valence-corrected chi connectivity index (χ2v) is 8.46. The molecule has 1 fully saturated rings. The highest BCUT2D eigenvalue weighted by Crippen LogP contribution is 2.16. The monoisotopic (exact) mass is 354 g/mol. The SMILES string of the molecule is CC[C@H](C)NC(=O)C[NH+]1CCN(S(=O)(=O)c2ccc(C)cc2)CC1. The van der Waals surface area contributed by atoms with Gasteiger partial charge < -0.3 is 10.2 Å². The molecule has 1 aromatic rings. The van der Waals surface area contributed by atoms with E-state index in [-0.39, 0.29) is 11.9 Å². The van der Waals surface area contributed by atoms with Gasteiger partial charge in [0.1, 0.15) is 0 Å². The van der Waals surface area contributed by atoms with Crippen LogP contribution in [0.3, 0.4) is 0 Å². The van der Waals surface area contributed by atoms with Crippen LogP contribution in [0.5, 0.6) is 0 Å². The zero-order chi connectivity index (χ0) is 17.7. The zero-order valence-corrected chi connectivity index (χ0v) is 15.5. The van der Waals surface area contributed by atoms with Gasteiger partial charge in [0.2, 0.25) is 10.0 Å². The van der Waals surface area contributed by atoms with Gasteiger partial charge in [-0.2, -0.15) is 4.31 Å². The van der Waals surface area contributed by atoms with Crippen LogP contribution >= 0.6 is 0 Å². The van der Waals surface area contributed by atoms with Gasteiger partial charge >= 0.3 is 0 Å². The number of carbonyl (C=O) groups excluding carboxylic acids is 1. The number of hydrogen-bond acceptors (Lipinski definition) is 3. The minimum absolute atomic E-state index is 0.0363. The predicted molar refractivity (Wildman–Crippen MR) is 93.4 cm³/mol. The molecule has 0 unspecified atom stereocenters. The number of benzene rings is 1. The van der Waals surface area contributed by atoms with Gasteiger partial charge in [-0.3, -0.25) is 4.79 Å². The quantitative estimate of drug-likeness (QED) is 0.743. The lowest BCUT2D eigenvalue weighted by Gasteiger charge is -2.31. The minimum Gasteiger partial charge on any atom is -0.349 e. The van der Waals surface area contributed by atoms with Gasteiger partial charge in [0.25, 0.3) is 5.91 Å². The van der Waals surface area contributed by atoms with E-state index in [1.807, 2.05) is 32.9 Å². The molecule has 1 saturated heterocycles. The number of sulfonamides is 1. The van der Waals surface area contributed by atoms with Gasteiger partial charge in [-0.05, 0) is 32.4 Å². The predicted octanol–water partition coefficient (Wildman–Crippen LogP) is -0.201. The van der Waals surface area contributed by atoms with Crippen LogP contribution in [-0.4, -0.2) is 57.4 Å². The fraction of sp³-hybridized carbons (Fsp3) is 0.588. The Balaban J connectivity index is 1.90. The molecule has 1 atom stereocenters. The number of piperazine rings is 1. The first-order chi connectivity index (χ1) is 11.3. The van der Waals surface area contributed by atoms with Gasteiger partial charge in [0, 0.05) is 6.04 Å². The number of nitrogens with one attached hydrogen (secondary N) is 2. The standard InChI is InChI=1S/C17H27N3O3S/c1-4-15(3)18-17(21)13-19-9-11-20(12-10-19)24(22,23)16-7-5-14(2)6-8-16/h5-8,15H,4,9-13H2,1-3H3,(H,18,21)/p+1/t15-/m0/s1. The Morgan fingerprint density at radius 3 is 2.38 bits per heavy atom. The van der Waals surface area contributed by atoms with Crippen LogP contribution in [0.15, 0.2) is 29.2 Å². The maximum absolute atomic E-state index is 12.6. The van der Waals surface area contributed by atoms with Crippen LogP contribution in [-0.2, 0) is 14.8 Å². The number of hydrogen-bond donors (Lipinski definition) is 2. The van der Waals surface area contributed by atoms with Crippen LogP contribution in [0, 0.1) is 6.92 Å². The molecular weight excluding hydrogens is 326 g/mol. The third-order valence-corrected chi connectivity index (χ3v) is 6.43. The maximum atomic E-state index is 12.6. The first kappa shape index (κ1) is 18.9. The number of rotatable bonds is 6. The molecule has 0 bridgehead atoms. The Kier molecular flexibility index (Phi) is 6.37. The average molecular weight is 354 g/mol. The molecule has 2 rings (SSSR count). The molecule has 1 aliphatic rings. The summed E-state index contributed by atoms with van der Waals surface area (Å²) in [4.78, 5) is 13.4. The topological polar surface area (TPSA) is 70.9 Å². The van der Waals surface area contributed by atoms with Gasteiger partial charge in [-0.1, -0.05) is 24.6 Å². The second kappa shape index (κ2) is 8.09. The highest BCUT2D eigenvalue weighted by Gasteiger charge is 2.31. The largest absolute Gasteiger partial charge is 0.349 e. The Labute approximate surface area is 144 Å². The summed E-state index contributed by atoms with van der Waals surface area (Å²) < 4.78 is 26.8. The molecule has 2 N–H and O–H groups in total. The number of nitrogens with zero attached hydrogens (tertiary/aromatic N) is 1. The number of aryl methyl sites for hydroxylation is 1. The summed E-state index contributed by atoms with van der Waals surface area (Å²) in [6.07, 6.45) is 0.906. The Hall–Kier alpha value is -1.44. The number of amides is 1.